The number of nitrogens with one attached hydrogen (secondary N) is 1. The highest BCUT2D eigenvalue weighted by atomic mass is 35.5. The van der Waals surface area contributed by atoms with E-state index in [4.69, 9.17) is 11.6 Å². The van der Waals surface area contributed by atoms with Crippen molar-refractivity contribution in [3.63, 3.8) is 0 Å². The molecule has 1 aromatic carbocycles. The van der Waals surface area contributed by atoms with Crippen molar-refractivity contribution in [2.45, 2.75) is 56.5 Å². The lowest BCUT2D eigenvalue weighted by molar-refractivity contribution is -0.0500. The molecule has 164 valence electrons. The lowest BCUT2D eigenvalue weighted by atomic mass is 9.82. The van der Waals surface area contributed by atoms with E-state index in [-0.39, 0.29) is 17.7 Å². The van der Waals surface area contributed by atoms with Crippen molar-refractivity contribution < 1.29 is 25.8 Å². The van der Waals surface area contributed by atoms with E-state index in [9.17, 15) is 21.6 Å². The Balaban J connectivity index is 1.58. The minimum Gasteiger partial charge on any atom is -0.376 e. The van der Waals surface area contributed by atoms with Gasteiger partial charge < -0.3 is 9.50 Å². The SMILES string of the molecule is CCc1ncnc(N[C@H]2CC[C@@H](c3ccc(OS(=O)(=O)C(F)(F)F)cc3)CC2)c1Cl. The Labute approximate surface area is 178 Å². The van der Waals surface area contributed by atoms with Gasteiger partial charge in [0.1, 0.15) is 22.9 Å². The smallest absolute Gasteiger partial charge is 0.376 e. The third kappa shape index (κ3) is 5.15. The lowest BCUT2D eigenvalue weighted by Gasteiger charge is -2.30. The highest BCUT2D eigenvalue weighted by molar-refractivity contribution is 7.88. The molecule has 1 fully saturated rings. The number of anilines is 1. The Bertz CT molecular complexity index is 977. The second-order valence-electron chi connectivity index (χ2n) is 7.08. The zero-order chi connectivity index (χ0) is 21.9. The Morgan fingerprint density at radius 3 is 2.33 bits per heavy atom. The molecule has 0 saturated heterocycles. The molecule has 0 radical (unpaired) electrons. The maximum atomic E-state index is 12.4. The predicted molar refractivity (Wildman–Crippen MR) is 107 cm³/mol. The van der Waals surface area contributed by atoms with Crippen LogP contribution in [0.15, 0.2) is 30.6 Å². The first kappa shape index (κ1) is 22.6. The van der Waals surface area contributed by atoms with Crippen LogP contribution in [-0.4, -0.2) is 29.9 Å². The van der Waals surface area contributed by atoms with Crippen LogP contribution in [-0.2, 0) is 16.5 Å². The summed E-state index contributed by atoms with van der Waals surface area (Å²) in [5, 5.41) is 3.90. The summed E-state index contributed by atoms with van der Waals surface area (Å²) in [5.74, 6) is 0.485. The molecule has 0 amide bonds. The van der Waals surface area contributed by atoms with Crippen molar-refractivity contribution in [1.29, 1.82) is 0 Å². The quantitative estimate of drug-likeness (QED) is 0.476. The van der Waals surface area contributed by atoms with Crippen molar-refractivity contribution in [2.24, 2.45) is 0 Å². The molecular formula is C19H21ClF3N3O3S. The van der Waals surface area contributed by atoms with Crippen LogP contribution < -0.4 is 9.50 Å². The molecule has 0 unspecified atom stereocenters. The van der Waals surface area contributed by atoms with E-state index in [1.54, 1.807) is 12.1 Å². The van der Waals surface area contributed by atoms with E-state index in [1.807, 2.05) is 6.92 Å². The Kier molecular flexibility index (Phi) is 6.76. The third-order valence-corrected chi connectivity index (χ3v) is 6.48. The maximum Gasteiger partial charge on any atom is 0.534 e. The van der Waals surface area contributed by atoms with Gasteiger partial charge in [0.05, 0.1) is 5.69 Å². The van der Waals surface area contributed by atoms with E-state index in [1.165, 1.54) is 18.5 Å². The first-order valence-corrected chi connectivity index (χ1v) is 11.3. The Morgan fingerprint density at radius 2 is 1.77 bits per heavy atom. The Morgan fingerprint density at radius 1 is 1.13 bits per heavy atom. The van der Waals surface area contributed by atoms with Gasteiger partial charge in [-0.2, -0.15) is 21.6 Å². The van der Waals surface area contributed by atoms with Crippen LogP contribution in [0.2, 0.25) is 5.02 Å². The van der Waals surface area contributed by atoms with Crippen molar-refractivity contribution >= 4 is 27.5 Å². The van der Waals surface area contributed by atoms with Crippen LogP contribution >= 0.6 is 11.6 Å². The summed E-state index contributed by atoms with van der Waals surface area (Å²) < 4.78 is 63.5. The van der Waals surface area contributed by atoms with Gasteiger partial charge in [-0.1, -0.05) is 30.7 Å². The molecule has 0 bridgehead atoms. The van der Waals surface area contributed by atoms with Crippen LogP contribution in [0, 0.1) is 0 Å². The standard InChI is InChI=1S/C19H21ClF3N3O3S/c1-2-16-17(20)18(25-11-24-16)26-14-7-3-12(4-8-14)13-5-9-15(10-6-13)29-30(27,28)19(21,22)23/h5-6,9-12,14H,2-4,7-8H2,1H3,(H,24,25,26)/t12-,14+. The molecule has 1 aliphatic carbocycles. The van der Waals surface area contributed by atoms with E-state index in [2.05, 4.69) is 19.5 Å². The number of aromatic nitrogens is 2. The van der Waals surface area contributed by atoms with E-state index >= 15 is 0 Å². The van der Waals surface area contributed by atoms with Gasteiger partial charge >= 0.3 is 15.6 Å². The average Bonchev–Trinajstić information content (AvgIpc) is 2.70. The second kappa shape index (κ2) is 8.97. The maximum absolute atomic E-state index is 12.4. The number of hydrogen-bond acceptors (Lipinski definition) is 6. The number of rotatable bonds is 6. The summed E-state index contributed by atoms with van der Waals surface area (Å²) in [6.45, 7) is 1.97. The summed E-state index contributed by atoms with van der Waals surface area (Å²) in [7, 11) is -5.66. The van der Waals surface area contributed by atoms with Crippen LogP contribution in [0.5, 0.6) is 5.75 Å². The van der Waals surface area contributed by atoms with Gasteiger partial charge in [-0.3, -0.25) is 0 Å². The van der Waals surface area contributed by atoms with Crippen molar-refractivity contribution in [2.75, 3.05) is 5.32 Å². The van der Waals surface area contributed by atoms with E-state index in [0.717, 1.165) is 36.9 Å². The van der Waals surface area contributed by atoms with Crippen molar-refractivity contribution in [3.8, 4) is 5.75 Å². The van der Waals surface area contributed by atoms with Crippen LogP contribution in [0.3, 0.4) is 0 Å². The molecule has 0 aliphatic heterocycles. The van der Waals surface area contributed by atoms with Gasteiger partial charge in [-0.15, -0.1) is 0 Å². The third-order valence-electron chi connectivity index (χ3n) is 5.11. The number of halogens is 4. The van der Waals surface area contributed by atoms with E-state index in [0.29, 0.717) is 17.3 Å². The fraction of sp³-hybridized carbons (Fsp3) is 0.474. The largest absolute Gasteiger partial charge is 0.534 e. The summed E-state index contributed by atoms with van der Waals surface area (Å²) in [4.78, 5) is 8.37. The summed E-state index contributed by atoms with van der Waals surface area (Å²) in [6.07, 6.45) is 5.67. The molecule has 2 aromatic rings. The van der Waals surface area contributed by atoms with Gasteiger partial charge in [0.15, 0.2) is 0 Å². The van der Waals surface area contributed by atoms with Crippen LogP contribution in [0.25, 0.3) is 0 Å². The second-order valence-corrected chi connectivity index (χ2v) is 9.00. The van der Waals surface area contributed by atoms with Gasteiger partial charge in [0.2, 0.25) is 0 Å². The molecule has 30 heavy (non-hydrogen) atoms. The van der Waals surface area contributed by atoms with Gasteiger partial charge in [0.25, 0.3) is 0 Å². The molecule has 1 N–H and O–H groups in total. The number of benzene rings is 1. The minimum absolute atomic E-state index is 0.206. The normalized spacial score (nSPS) is 20.0. The Hall–Kier alpha value is -2.07. The van der Waals surface area contributed by atoms with E-state index < -0.39 is 15.6 Å². The number of aryl methyl sites for hydroxylation is 1. The molecular weight excluding hydrogens is 443 g/mol. The van der Waals surface area contributed by atoms with Crippen molar-refractivity contribution in [3.05, 3.63) is 46.9 Å². The highest BCUT2D eigenvalue weighted by Crippen LogP contribution is 2.36. The molecule has 0 atom stereocenters. The summed E-state index contributed by atoms with van der Waals surface area (Å²) >= 11 is 6.33. The predicted octanol–water partition coefficient (Wildman–Crippen LogP) is 5.06. The first-order chi connectivity index (χ1) is 14.1. The molecule has 6 nitrogen and oxygen atoms in total. The number of alkyl halides is 3. The zero-order valence-corrected chi connectivity index (χ0v) is 17.7. The molecule has 0 spiro atoms. The topological polar surface area (TPSA) is 81.2 Å². The minimum atomic E-state index is -5.66. The lowest BCUT2D eigenvalue weighted by Crippen LogP contribution is -2.28. The van der Waals surface area contributed by atoms with Crippen molar-refractivity contribution in [1.82, 2.24) is 9.97 Å². The van der Waals surface area contributed by atoms with Gasteiger partial charge in [-0.05, 0) is 55.7 Å². The van der Waals surface area contributed by atoms with Crippen LogP contribution in [0.1, 0.15) is 49.8 Å². The number of nitrogens with zero attached hydrogens (tertiary/aromatic N) is 2. The summed E-state index contributed by atoms with van der Waals surface area (Å²) in [6, 6.07) is 5.91. The molecule has 1 aromatic heterocycles. The van der Waals surface area contributed by atoms with Gasteiger partial charge in [-0.25, -0.2) is 9.97 Å². The molecule has 3 rings (SSSR count). The molecule has 1 heterocycles. The highest BCUT2D eigenvalue weighted by Gasteiger charge is 2.48. The number of hydrogen-bond donors (Lipinski definition) is 1. The summed E-state index contributed by atoms with van der Waals surface area (Å²) in [5.41, 5.74) is -3.74. The van der Waals surface area contributed by atoms with Crippen LogP contribution in [0.4, 0.5) is 19.0 Å². The fourth-order valence-corrected chi connectivity index (χ4v) is 4.23. The van der Waals surface area contributed by atoms with Gasteiger partial charge in [0, 0.05) is 6.04 Å². The first-order valence-electron chi connectivity index (χ1n) is 9.47. The average molecular weight is 464 g/mol. The monoisotopic (exact) mass is 463 g/mol. The molecule has 11 heteroatoms. The molecule has 1 saturated carbocycles. The zero-order valence-electron chi connectivity index (χ0n) is 16.1. The molecule has 1 aliphatic rings. The fourth-order valence-electron chi connectivity index (χ4n) is 3.49.